The summed E-state index contributed by atoms with van der Waals surface area (Å²) in [6.07, 6.45) is 0.221. The summed E-state index contributed by atoms with van der Waals surface area (Å²) >= 11 is 4.66. The molecule has 1 aliphatic rings. The van der Waals surface area contributed by atoms with Gasteiger partial charge in [-0.3, -0.25) is 9.59 Å². The van der Waals surface area contributed by atoms with Gasteiger partial charge in [-0.15, -0.1) is 23.1 Å². The second-order valence-electron chi connectivity index (χ2n) is 5.43. The highest BCUT2D eigenvalue weighted by molar-refractivity contribution is 8.00. The third-order valence-corrected chi connectivity index (χ3v) is 6.25. The van der Waals surface area contributed by atoms with Gasteiger partial charge in [-0.25, -0.2) is 4.98 Å². The van der Waals surface area contributed by atoms with E-state index in [0.29, 0.717) is 11.4 Å². The maximum Gasteiger partial charge on any atom is 0.234 e. The summed E-state index contributed by atoms with van der Waals surface area (Å²) in [5, 5.41) is 12.6. The molecule has 1 aromatic carbocycles. The number of rotatable bonds is 4. The lowest BCUT2D eigenvalue weighted by atomic mass is 10.2. The van der Waals surface area contributed by atoms with Gasteiger partial charge in [0.25, 0.3) is 0 Å². The zero-order chi connectivity index (χ0) is 17.2. The molecule has 0 aliphatic carbocycles. The Morgan fingerprint density at radius 3 is 3.04 bits per heavy atom. The number of fused-ring (bicyclic) bond motifs is 1. The first-order valence-corrected chi connectivity index (χ1v) is 10.3. The molecule has 0 bridgehead atoms. The number of carbonyl (C=O) groups excluding carboxylic acids is 2. The molecule has 25 heavy (non-hydrogen) atoms. The van der Waals surface area contributed by atoms with Crippen LogP contribution in [0.3, 0.4) is 0 Å². The first kappa shape index (κ1) is 16.3. The fourth-order valence-electron chi connectivity index (χ4n) is 2.44. The van der Waals surface area contributed by atoms with Crippen molar-refractivity contribution in [2.24, 2.45) is 0 Å². The van der Waals surface area contributed by atoms with E-state index in [4.69, 9.17) is 0 Å². The highest BCUT2D eigenvalue weighted by Gasteiger charge is 2.16. The van der Waals surface area contributed by atoms with Gasteiger partial charge >= 0.3 is 0 Å². The first-order valence-electron chi connectivity index (χ1n) is 7.51. The third-order valence-electron chi connectivity index (χ3n) is 3.56. The van der Waals surface area contributed by atoms with E-state index >= 15 is 0 Å². The Hall–Kier alpha value is -2.16. The first-order chi connectivity index (χ1) is 12.2. The van der Waals surface area contributed by atoms with Crippen molar-refractivity contribution in [1.29, 1.82) is 0 Å². The predicted octanol–water partition coefficient (Wildman–Crippen LogP) is 4.10. The molecule has 1 aliphatic heterocycles. The van der Waals surface area contributed by atoms with E-state index in [1.165, 1.54) is 23.1 Å². The lowest BCUT2D eigenvalue weighted by Gasteiger charge is -2.17. The van der Waals surface area contributed by atoms with E-state index in [2.05, 4.69) is 15.6 Å². The largest absolute Gasteiger partial charge is 0.326 e. The molecule has 3 aromatic rings. The molecule has 0 radical (unpaired) electrons. The minimum absolute atomic E-state index is 0.0237. The second kappa shape index (κ2) is 6.99. The summed E-state index contributed by atoms with van der Waals surface area (Å²) in [4.78, 5) is 29.3. The number of hydrogen-bond donors (Lipinski definition) is 2. The number of nitrogens with zero attached hydrogens (tertiary/aromatic N) is 1. The molecule has 3 heterocycles. The monoisotopic (exact) mass is 387 g/mol. The summed E-state index contributed by atoms with van der Waals surface area (Å²) < 4.78 is 0. The smallest absolute Gasteiger partial charge is 0.234 e. The fraction of sp³-hybridized carbons (Fsp3) is 0.118. The van der Waals surface area contributed by atoms with Crippen molar-refractivity contribution < 1.29 is 9.59 Å². The molecule has 0 saturated heterocycles. The van der Waals surface area contributed by atoms with E-state index in [0.717, 1.165) is 26.8 Å². The van der Waals surface area contributed by atoms with Gasteiger partial charge in [0.15, 0.2) is 0 Å². The highest BCUT2D eigenvalue weighted by atomic mass is 32.2. The van der Waals surface area contributed by atoms with Crippen molar-refractivity contribution in [3.63, 3.8) is 0 Å². The van der Waals surface area contributed by atoms with Crippen LogP contribution in [-0.2, 0) is 16.0 Å². The maximum absolute atomic E-state index is 12.3. The van der Waals surface area contributed by atoms with Crippen molar-refractivity contribution >= 4 is 57.6 Å². The molecule has 0 fully saturated rings. The Balaban J connectivity index is 1.42. The fourth-order valence-corrected chi connectivity index (χ4v) is 4.76. The lowest BCUT2D eigenvalue weighted by Crippen LogP contribution is -2.19. The number of aromatic nitrogens is 1. The van der Waals surface area contributed by atoms with E-state index in [-0.39, 0.29) is 18.2 Å². The van der Waals surface area contributed by atoms with Crippen molar-refractivity contribution in [2.45, 2.75) is 11.3 Å². The number of thiophene rings is 1. The highest BCUT2D eigenvalue weighted by Crippen LogP contribution is 2.33. The molecule has 0 atom stereocenters. The molecule has 5 nitrogen and oxygen atoms in total. The maximum atomic E-state index is 12.3. The third kappa shape index (κ3) is 3.76. The molecule has 0 spiro atoms. The van der Waals surface area contributed by atoms with E-state index in [9.17, 15) is 9.59 Å². The van der Waals surface area contributed by atoms with Crippen LogP contribution in [0.5, 0.6) is 0 Å². The molecular weight excluding hydrogens is 374 g/mol. The molecule has 2 N–H and O–H groups in total. The van der Waals surface area contributed by atoms with Gasteiger partial charge in [0.05, 0.1) is 23.6 Å². The summed E-state index contributed by atoms with van der Waals surface area (Å²) in [5.74, 6) is 0.274. The van der Waals surface area contributed by atoms with Crippen LogP contribution >= 0.6 is 34.4 Å². The Morgan fingerprint density at radius 2 is 2.20 bits per heavy atom. The number of thiazole rings is 1. The van der Waals surface area contributed by atoms with Crippen LogP contribution in [-0.4, -0.2) is 22.6 Å². The molecule has 126 valence electrons. The van der Waals surface area contributed by atoms with E-state index < -0.39 is 0 Å². The normalized spacial score (nSPS) is 13.2. The Labute approximate surface area is 156 Å². The molecule has 0 saturated carbocycles. The topological polar surface area (TPSA) is 71.1 Å². The van der Waals surface area contributed by atoms with Crippen LogP contribution in [0, 0.1) is 0 Å². The van der Waals surface area contributed by atoms with Gasteiger partial charge in [-0.2, -0.15) is 11.3 Å². The number of nitrogens with one attached hydrogen (secondary N) is 2. The quantitative estimate of drug-likeness (QED) is 0.707. The molecular formula is C17H13N3O2S3. The van der Waals surface area contributed by atoms with Crippen molar-refractivity contribution in [3.05, 3.63) is 46.1 Å². The van der Waals surface area contributed by atoms with Crippen LogP contribution in [0.25, 0.3) is 10.6 Å². The van der Waals surface area contributed by atoms with Gasteiger partial charge < -0.3 is 10.6 Å². The van der Waals surface area contributed by atoms with Crippen LogP contribution < -0.4 is 10.6 Å². The van der Waals surface area contributed by atoms with Crippen LogP contribution in [0.4, 0.5) is 11.4 Å². The molecule has 8 heteroatoms. The Morgan fingerprint density at radius 1 is 1.28 bits per heavy atom. The SMILES string of the molecule is O=C(Cc1csc(-c2ccsc2)n1)Nc1ccc2c(c1)NC(=O)CS2. The lowest BCUT2D eigenvalue weighted by molar-refractivity contribution is -0.115. The number of hydrogen-bond acceptors (Lipinski definition) is 6. The minimum atomic E-state index is -0.128. The van der Waals surface area contributed by atoms with Gasteiger partial charge in [0.2, 0.25) is 11.8 Å². The summed E-state index contributed by atoms with van der Waals surface area (Å²) in [6.45, 7) is 0. The Kier molecular flexibility index (Phi) is 4.56. The minimum Gasteiger partial charge on any atom is -0.326 e. The van der Waals surface area contributed by atoms with E-state index in [1.807, 2.05) is 34.3 Å². The van der Waals surface area contributed by atoms with Gasteiger partial charge in [-0.1, -0.05) is 0 Å². The van der Waals surface area contributed by atoms with Crippen molar-refractivity contribution in [1.82, 2.24) is 4.98 Å². The number of benzene rings is 1. The molecule has 2 aromatic heterocycles. The van der Waals surface area contributed by atoms with Crippen LogP contribution in [0.2, 0.25) is 0 Å². The number of anilines is 2. The number of carbonyl (C=O) groups is 2. The summed E-state index contributed by atoms with van der Waals surface area (Å²) in [5.41, 5.74) is 3.25. The molecule has 2 amide bonds. The standard InChI is InChI=1S/C17H13N3O2S3/c21-15(6-12-8-25-17(19-12)10-3-4-23-7-10)18-11-1-2-14-13(5-11)20-16(22)9-24-14/h1-5,7-8H,6,9H2,(H,18,21)(H,20,22). The molecule has 0 unspecified atom stereocenters. The van der Waals surface area contributed by atoms with Crippen molar-refractivity contribution in [2.75, 3.05) is 16.4 Å². The zero-order valence-electron chi connectivity index (χ0n) is 12.9. The number of amides is 2. The Bertz CT molecular complexity index is 935. The van der Waals surface area contributed by atoms with Gasteiger partial charge in [-0.05, 0) is 29.6 Å². The zero-order valence-corrected chi connectivity index (χ0v) is 15.4. The second-order valence-corrected chi connectivity index (χ2v) is 8.08. The van der Waals surface area contributed by atoms with Crippen LogP contribution in [0.15, 0.2) is 45.3 Å². The predicted molar refractivity (Wildman–Crippen MR) is 104 cm³/mol. The van der Waals surface area contributed by atoms with Gasteiger partial charge in [0, 0.05) is 26.9 Å². The average molecular weight is 388 g/mol. The van der Waals surface area contributed by atoms with Gasteiger partial charge in [0.1, 0.15) is 5.01 Å². The summed E-state index contributed by atoms with van der Waals surface area (Å²) in [6, 6.07) is 7.56. The summed E-state index contributed by atoms with van der Waals surface area (Å²) in [7, 11) is 0. The number of thioether (sulfide) groups is 1. The van der Waals surface area contributed by atoms with Crippen molar-refractivity contribution in [3.8, 4) is 10.6 Å². The molecule has 4 rings (SSSR count). The average Bonchev–Trinajstić information content (AvgIpc) is 3.25. The van der Waals surface area contributed by atoms with E-state index in [1.54, 1.807) is 17.4 Å². The van der Waals surface area contributed by atoms with Crippen LogP contribution in [0.1, 0.15) is 5.69 Å².